The number of benzene rings is 1. The van der Waals surface area contributed by atoms with Crippen molar-refractivity contribution < 1.29 is 23.1 Å². The Bertz CT molecular complexity index is 569. The number of primary amides is 1. The zero-order chi connectivity index (χ0) is 16.8. The largest absolute Gasteiger partial charge is 0.433 e. The number of rotatable bonds is 6. The van der Waals surface area contributed by atoms with Gasteiger partial charge in [0.25, 0.3) is 0 Å². The van der Waals surface area contributed by atoms with Crippen LogP contribution in [0.3, 0.4) is 0 Å². The first-order chi connectivity index (χ1) is 11.0. The quantitative estimate of drug-likeness (QED) is 0.828. The van der Waals surface area contributed by atoms with Crippen LogP contribution < -0.4 is 15.8 Å². The molecule has 0 aliphatic carbocycles. The van der Waals surface area contributed by atoms with E-state index in [2.05, 4.69) is 10.1 Å². The van der Waals surface area contributed by atoms with E-state index in [0.717, 1.165) is 0 Å². The molecule has 0 saturated carbocycles. The van der Waals surface area contributed by atoms with Gasteiger partial charge in [-0.1, -0.05) is 12.1 Å². The average Bonchev–Trinajstić information content (AvgIpc) is 2.53. The molecule has 1 aliphatic heterocycles. The lowest BCUT2D eigenvalue weighted by Gasteiger charge is -2.31. The van der Waals surface area contributed by atoms with Gasteiger partial charge in [0.2, 0.25) is 11.8 Å². The van der Waals surface area contributed by atoms with Gasteiger partial charge in [-0.2, -0.15) is 8.78 Å². The molecule has 0 spiro atoms. The molecule has 6 nitrogen and oxygen atoms in total. The van der Waals surface area contributed by atoms with Gasteiger partial charge in [0.1, 0.15) is 5.75 Å². The van der Waals surface area contributed by atoms with Crippen LogP contribution in [0.15, 0.2) is 24.3 Å². The van der Waals surface area contributed by atoms with Crippen molar-refractivity contribution in [3.63, 3.8) is 0 Å². The fourth-order valence-electron chi connectivity index (χ4n) is 2.53. The van der Waals surface area contributed by atoms with E-state index >= 15 is 0 Å². The number of carbonyl (C=O) groups excluding carboxylic acids is 2. The van der Waals surface area contributed by atoms with Crippen molar-refractivity contribution in [2.24, 2.45) is 11.7 Å². The number of hydrogen-bond acceptors (Lipinski definition) is 4. The first kappa shape index (κ1) is 17.0. The van der Waals surface area contributed by atoms with E-state index in [1.165, 1.54) is 6.07 Å². The van der Waals surface area contributed by atoms with E-state index in [1.54, 1.807) is 23.1 Å². The van der Waals surface area contributed by atoms with Crippen LogP contribution in [0.25, 0.3) is 0 Å². The van der Waals surface area contributed by atoms with Crippen LogP contribution in [-0.2, 0) is 9.59 Å². The number of alkyl halides is 2. The Morgan fingerprint density at radius 1 is 1.39 bits per heavy atom. The average molecular weight is 327 g/mol. The van der Waals surface area contributed by atoms with Crippen molar-refractivity contribution >= 4 is 17.5 Å². The van der Waals surface area contributed by atoms with Gasteiger partial charge in [0.15, 0.2) is 0 Å². The third kappa shape index (κ3) is 4.80. The van der Waals surface area contributed by atoms with E-state index in [1.807, 2.05) is 0 Å². The molecule has 2 rings (SSSR count). The predicted octanol–water partition coefficient (Wildman–Crippen LogP) is 1.42. The van der Waals surface area contributed by atoms with Crippen molar-refractivity contribution in [2.75, 3.05) is 25.0 Å². The Morgan fingerprint density at radius 3 is 2.83 bits per heavy atom. The molecule has 0 aromatic heterocycles. The molecule has 1 atom stereocenters. The molecule has 0 radical (unpaired) electrons. The molecular formula is C15H19F2N3O3. The van der Waals surface area contributed by atoms with E-state index in [9.17, 15) is 18.4 Å². The van der Waals surface area contributed by atoms with Crippen molar-refractivity contribution in [3.8, 4) is 5.75 Å². The highest BCUT2D eigenvalue weighted by Gasteiger charge is 2.26. The maximum atomic E-state index is 12.3. The first-order valence-corrected chi connectivity index (χ1v) is 7.32. The summed E-state index contributed by atoms with van der Waals surface area (Å²) >= 11 is 0. The SMILES string of the molecule is NC(=O)[C@@H]1CCCN(C(=O)CNc2ccccc2OC(F)F)C1. The minimum Gasteiger partial charge on any atom is -0.433 e. The molecule has 23 heavy (non-hydrogen) atoms. The van der Waals surface area contributed by atoms with Gasteiger partial charge in [0.05, 0.1) is 18.2 Å². The Balaban J connectivity index is 1.93. The minimum atomic E-state index is -2.94. The molecule has 8 heteroatoms. The summed E-state index contributed by atoms with van der Waals surface area (Å²) in [6.45, 7) is -2.16. The maximum Gasteiger partial charge on any atom is 0.387 e. The number of hydrogen-bond donors (Lipinski definition) is 2. The van der Waals surface area contributed by atoms with Crippen molar-refractivity contribution in [1.82, 2.24) is 4.90 Å². The van der Waals surface area contributed by atoms with Gasteiger partial charge in [-0.15, -0.1) is 0 Å². The van der Waals surface area contributed by atoms with Crippen molar-refractivity contribution in [3.05, 3.63) is 24.3 Å². The summed E-state index contributed by atoms with van der Waals surface area (Å²) < 4.78 is 29.1. The van der Waals surface area contributed by atoms with Crippen LogP contribution in [0.1, 0.15) is 12.8 Å². The summed E-state index contributed by atoms with van der Waals surface area (Å²) in [7, 11) is 0. The van der Waals surface area contributed by atoms with Gasteiger partial charge >= 0.3 is 6.61 Å². The highest BCUT2D eigenvalue weighted by Crippen LogP contribution is 2.25. The van der Waals surface area contributed by atoms with E-state index in [-0.39, 0.29) is 24.1 Å². The van der Waals surface area contributed by atoms with Gasteiger partial charge in [0, 0.05) is 13.1 Å². The lowest BCUT2D eigenvalue weighted by molar-refractivity contribution is -0.133. The molecule has 1 heterocycles. The van der Waals surface area contributed by atoms with Gasteiger partial charge in [-0.05, 0) is 25.0 Å². The highest BCUT2D eigenvalue weighted by atomic mass is 19.3. The zero-order valence-electron chi connectivity index (χ0n) is 12.5. The fraction of sp³-hybridized carbons (Fsp3) is 0.467. The third-order valence-electron chi connectivity index (χ3n) is 3.71. The number of nitrogens with zero attached hydrogens (tertiary/aromatic N) is 1. The van der Waals surface area contributed by atoms with E-state index < -0.39 is 12.5 Å². The molecule has 2 amide bonds. The third-order valence-corrected chi connectivity index (χ3v) is 3.71. The summed E-state index contributed by atoms with van der Waals surface area (Å²) in [5, 5.41) is 2.79. The van der Waals surface area contributed by atoms with Crippen LogP contribution >= 0.6 is 0 Å². The number of carbonyl (C=O) groups is 2. The summed E-state index contributed by atoms with van der Waals surface area (Å²) in [6, 6.07) is 6.15. The van der Waals surface area contributed by atoms with Gasteiger partial charge in [-0.3, -0.25) is 9.59 Å². The van der Waals surface area contributed by atoms with Gasteiger partial charge < -0.3 is 20.7 Å². The minimum absolute atomic E-state index is 0.0241. The number of likely N-dealkylation sites (tertiary alicyclic amines) is 1. The summed E-state index contributed by atoms with van der Waals surface area (Å²) in [5.74, 6) is -0.986. The standard InChI is InChI=1S/C15H19F2N3O3/c16-15(17)23-12-6-2-1-5-11(12)19-8-13(21)20-7-3-4-10(9-20)14(18)22/h1-2,5-6,10,15,19H,3-4,7-9H2,(H2,18,22)/t10-/m1/s1. The number of piperidine rings is 1. The molecule has 1 aromatic rings. The number of halogens is 2. The molecule has 3 N–H and O–H groups in total. The normalized spacial score (nSPS) is 17.9. The Labute approximate surface area is 132 Å². The molecule has 126 valence electrons. The Hall–Kier alpha value is -2.38. The van der Waals surface area contributed by atoms with Gasteiger partial charge in [-0.25, -0.2) is 0 Å². The summed E-state index contributed by atoms with van der Waals surface area (Å²) in [6.07, 6.45) is 1.39. The van der Waals surface area contributed by atoms with Crippen LogP contribution in [0, 0.1) is 5.92 Å². The lowest BCUT2D eigenvalue weighted by Crippen LogP contribution is -2.46. The Morgan fingerprint density at radius 2 is 2.13 bits per heavy atom. The fourth-order valence-corrected chi connectivity index (χ4v) is 2.53. The van der Waals surface area contributed by atoms with Crippen LogP contribution in [-0.4, -0.2) is 43.0 Å². The summed E-state index contributed by atoms with van der Waals surface area (Å²) in [4.78, 5) is 25.0. The van der Waals surface area contributed by atoms with Crippen LogP contribution in [0.4, 0.5) is 14.5 Å². The first-order valence-electron chi connectivity index (χ1n) is 7.32. The topological polar surface area (TPSA) is 84.7 Å². The number of ether oxygens (including phenoxy) is 1. The molecule has 1 fully saturated rings. The monoisotopic (exact) mass is 327 g/mol. The molecule has 1 aromatic carbocycles. The zero-order valence-corrected chi connectivity index (χ0v) is 12.5. The number of nitrogens with one attached hydrogen (secondary N) is 1. The van der Waals surface area contributed by atoms with E-state index in [4.69, 9.17) is 5.73 Å². The molecular weight excluding hydrogens is 308 g/mol. The smallest absolute Gasteiger partial charge is 0.387 e. The second-order valence-corrected chi connectivity index (χ2v) is 5.31. The highest BCUT2D eigenvalue weighted by molar-refractivity contribution is 5.83. The number of amides is 2. The predicted molar refractivity (Wildman–Crippen MR) is 80.1 cm³/mol. The molecule has 1 aliphatic rings. The van der Waals surface area contributed by atoms with Crippen molar-refractivity contribution in [2.45, 2.75) is 19.5 Å². The second-order valence-electron chi connectivity index (χ2n) is 5.31. The molecule has 0 bridgehead atoms. The molecule has 0 unspecified atom stereocenters. The Kier molecular flexibility index (Phi) is 5.72. The van der Waals surface area contributed by atoms with E-state index in [0.29, 0.717) is 31.6 Å². The maximum absolute atomic E-state index is 12.3. The number of anilines is 1. The number of para-hydroxylation sites is 2. The van der Waals surface area contributed by atoms with Crippen molar-refractivity contribution in [1.29, 1.82) is 0 Å². The second kappa shape index (κ2) is 7.75. The molecule has 1 saturated heterocycles. The van der Waals surface area contributed by atoms with Crippen LogP contribution in [0.5, 0.6) is 5.75 Å². The number of nitrogens with two attached hydrogens (primary N) is 1. The summed E-state index contributed by atoms with van der Waals surface area (Å²) in [5.41, 5.74) is 5.59. The lowest BCUT2D eigenvalue weighted by atomic mass is 9.97. The van der Waals surface area contributed by atoms with Crippen LogP contribution in [0.2, 0.25) is 0 Å².